The van der Waals surface area contributed by atoms with Crippen LogP contribution in [0.1, 0.15) is 15.9 Å². The van der Waals surface area contributed by atoms with E-state index in [1.165, 1.54) is 16.7 Å². The number of hydrogen-bond acceptors (Lipinski definition) is 4. The van der Waals surface area contributed by atoms with Crippen LogP contribution in [0.25, 0.3) is 0 Å². The fraction of sp³-hybridized carbons (Fsp3) is 0.105. The number of halogens is 2. The molecule has 5 nitrogen and oxygen atoms in total. The van der Waals surface area contributed by atoms with Gasteiger partial charge < -0.3 is 9.88 Å². The first-order valence-electron chi connectivity index (χ1n) is 7.95. The zero-order valence-electron chi connectivity index (χ0n) is 14.3. The predicted molar refractivity (Wildman–Crippen MR) is 109 cm³/mol. The van der Waals surface area contributed by atoms with Crippen molar-refractivity contribution in [2.24, 2.45) is 0 Å². The fourth-order valence-corrected chi connectivity index (χ4v) is 3.60. The predicted octanol–water partition coefficient (Wildman–Crippen LogP) is 4.70. The Labute approximate surface area is 170 Å². The van der Waals surface area contributed by atoms with E-state index in [2.05, 4.69) is 9.97 Å². The molecule has 1 heterocycles. The van der Waals surface area contributed by atoms with Crippen LogP contribution in [0, 0.1) is 0 Å². The zero-order valence-corrected chi connectivity index (χ0v) is 16.6. The molecule has 0 saturated carbocycles. The Hall–Kier alpha value is -2.28. The van der Waals surface area contributed by atoms with Gasteiger partial charge in [-0.15, -0.1) is 0 Å². The summed E-state index contributed by atoms with van der Waals surface area (Å²) in [5, 5.41) is 1.40. The van der Waals surface area contributed by atoms with Crippen LogP contribution in [0.15, 0.2) is 60.0 Å². The molecule has 0 radical (unpaired) electrons. The number of H-pyrrole nitrogens is 1. The molecule has 138 valence electrons. The van der Waals surface area contributed by atoms with Crippen molar-refractivity contribution in [2.75, 3.05) is 17.7 Å². The number of rotatable bonds is 6. The minimum absolute atomic E-state index is 0.173. The zero-order chi connectivity index (χ0) is 19.4. The average Bonchev–Trinajstić information content (AvgIpc) is 3.19. The van der Waals surface area contributed by atoms with Crippen LogP contribution in [0.3, 0.4) is 0 Å². The number of ketones is 1. The third-order valence-corrected chi connectivity index (χ3v) is 5.32. The van der Waals surface area contributed by atoms with Crippen LogP contribution < -0.4 is 4.90 Å². The van der Waals surface area contributed by atoms with Crippen molar-refractivity contribution < 1.29 is 9.59 Å². The number of benzene rings is 2. The monoisotopic (exact) mass is 419 g/mol. The number of carbonyl (C=O) groups excluding carboxylic acids is 2. The van der Waals surface area contributed by atoms with Gasteiger partial charge in [-0.1, -0.05) is 47.1 Å². The van der Waals surface area contributed by atoms with E-state index >= 15 is 0 Å². The van der Waals surface area contributed by atoms with Crippen LogP contribution in [0.5, 0.6) is 0 Å². The van der Waals surface area contributed by atoms with Gasteiger partial charge in [-0.25, -0.2) is 4.98 Å². The van der Waals surface area contributed by atoms with Gasteiger partial charge in [-0.2, -0.15) is 0 Å². The normalized spacial score (nSPS) is 10.6. The van der Waals surface area contributed by atoms with E-state index in [0.29, 0.717) is 32.0 Å². The highest BCUT2D eigenvalue weighted by molar-refractivity contribution is 7.99. The molecule has 0 atom stereocenters. The molecule has 3 aromatic rings. The molecule has 1 N–H and O–H groups in total. The van der Waals surface area contributed by atoms with E-state index in [9.17, 15) is 9.59 Å². The highest BCUT2D eigenvalue weighted by Crippen LogP contribution is 2.29. The number of aromatic nitrogens is 2. The van der Waals surface area contributed by atoms with Gasteiger partial charge in [-0.3, -0.25) is 9.59 Å². The lowest BCUT2D eigenvalue weighted by Crippen LogP contribution is -2.29. The van der Waals surface area contributed by atoms with Crippen molar-refractivity contribution in [1.82, 2.24) is 9.97 Å². The maximum absolute atomic E-state index is 13.0. The van der Waals surface area contributed by atoms with Crippen molar-refractivity contribution in [3.05, 3.63) is 76.0 Å². The summed E-state index contributed by atoms with van der Waals surface area (Å²) in [5.41, 5.74) is 1.14. The molecule has 0 unspecified atom stereocenters. The highest BCUT2D eigenvalue weighted by atomic mass is 35.5. The van der Waals surface area contributed by atoms with Crippen LogP contribution in [-0.2, 0) is 4.79 Å². The lowest BCUT2D eigenvalue weighted by atomic mass is 10.0. The molecule has 2 aromatic carbocycles. The second-order valence-corrected chi connectivity index (χ2v) is 7.41. The van der Waals surface area contributed by atoms with Gasteiger partial charge in [0.1, 0.15) is 0 Å². The Morgan fingerprint density at radius 2 is 1.93 bits per heavy atom. The van der Waals surface area contributed by atoms with E-state index in [1.54, 1.807) is 61.9 Å². The van der Waals surface area contributed by atoms with Crippen LogP contribution in [0.2, 0.25) is 10.0 Å². The summed E-state index contributed by atoms with van der Waals surface area (Å²) in [6.07, 6.45) is 3.31. The Balaban J connectivity index is 1.88. The Kier molecular flexibility index (Phi) is 6.21. The van der Waals surface area contributed by atoms with Gasteiger partial charge in [0.2, 0.25) is 5.91 Å². The maximum atomic E-state index is 13.0. The summed E-state index contributed by atoms with van der Waals surface area (Å²) in [6, 6.07) is 11.6. The minimum atomic E-state index is -0.295. The summed E-state index contributed by atoms with van der Waals surface area (Å²) in [7, 11) is 1.62. The van der Waals surface area contributed by atoms with Crippen LogP contribution >= 0.6 is 35.0 Å². The molecule has 0 fully saturated rings. The summed E-state index contributed by atoms with van der Waals surface area (Å²) >= 11 is 13.5. The molecular formula is C19H15Cl2N3O2S. The number of imidazole rings is 1. The molecule has 0 aliphatic rings. The number of thioether (sulfide) groups is 1. The molecule has 8 heteroatoms. The lowest BCUT2D eigenvalue weighted by molar-refractivity contribution is -0.115. The first kappa shape index (κ1) is 19.5. The number of nitrogens with one attached hydrogen (secondary N) is 1. The SMILES string of the molecule is CN(C(=O)CSc1ncc[nH]1)c1ccc(Cl)cc1C(=O)c1ccccc1Cl. The third-order valence-electron chi connectivity index (χ3n) is 3.86. The van der Waals surface area contributed by atoms with E-state index < -0.39 is 0 Å². The highest BCUT2D eigenvalue weighted by Gasteiger charge is 2.22. The molecule has 0 aliphatic carbocycles. The molecule has 3 rings (SSSR count). The molecule has 0 saturated heterocycles. The number of nitrogens with zero attached hydrogens (tertiary/aromatic N) is 2. The molecule has 0 bridgehead atoms. The van der Waals surface area contributed by atoms with Crippen molar-refractivity contribution in [3.63, 3.8) is 0 Å². The van der Waals surface area contributed by atoms with Gasteiger partial charge in [0, 0.05) is 35.6 Å². The van der Waals surface area contributed by atoms with E-state index in [-0.39, 0.29) is 17.4 Å². The van der Waals surface area contributed by atoms with Crippen molar-refractivity contribution in [2.45, 2.75) is 5.16 Å². The number of carbonyl (C=O) groups is 2. The molecular weight excluding hydrogens is 405 g/mol. The van der Waals surface area contributed by atoms with Crippen LogP contribution in [-0.4, -0.2) is 34.5 Å². The Bertz CT molecular complexity index is 977. The fourth-order valence-electron chi connectivity index (χ4n) is 2.46. The van der Waals surface area contributed by atoms with Crippen LogP contribution in [0.4, 0.5) is 5.69 Å². The topological polar surface area (TPSA) is 66.1 Å². The Morgan fingerprint density at radius 1 is 1.15 bits per heavy atom. The van der Waals surface area contributed by atoms with Gasteiger partial charge >= 0.3 is 0 Å². The summed E-state index contributed by atoms with van der Waals surface area (Å²) in [4.78, 5) is 34.1. The van der Waals surface area contributed by atoms with Crippen molar-refractivity contribution in [3.8, 4) is 0 Å². The number of amides is 1. The Morgan fingerprint density at radius 3 is 2.63 bits per heavy atom. The standard InChI is InChI=1S/C19H15Cl2N3O2S/c1-24(17(25)11-27-19-22-8-9-23-19)16-7-6-12(20)10-14(16)18(26)13-4-2-3-5-15(13)21/h2-10H,11H2,1H3,(H,22,23). The summed E-state index contributed by atoms with van der Waals surface area (Å²) in [5.74, 6) is -0.296. The number of aromatic amines is 1. The van der Waals surface area contributed by atoms with Crippen molar-refractivity contribution >= 4 is 52.3 Å². The lowest BCUT2D eigenvalue weighted by Gasteiger charge is -2.20. The first-order valence-corrected chi connectivity index (χ1v) is 9.69. The number of anilines is 1. The largest absolute Gasteiger partial charge is 0.340 e. The first-order chi connectivity index (χ1) is 13.0. The summed E-state index contributed by atoms with van der Waals surface area (Å²) < 4.78 is 0. The second kappa shape index (κ2) is 8.61. The molecule has 1 aromatic heterocycles. The van der Waals surface area contributed by atoms with Gasteiger partial charge in [0.15, 0.2) is 10.9 Å². The summed E-state index contributed by atoms with van der Waals surface area (Å²) in [6.45, 7) is 0. The second-order valence-electron chi connectivity index (χ2n) is 5.61. The van der Waals surface area contributed by atoms with E-state index in [1.807, 2.05) is 0 Å². The molecule has 0 aliphatic heterocycles. The third kappa shape index (κ3) is 4.53. The van der Waals surface area contributed by atoms with E-state index in [0.717, 1.165) is 0 Å². The molecule has 1 amide bonds. The quantitative estimate of drug-likeness (QED) is 0.464. The van der Waals surface area contributed by atoms with Gasteiger partial charge in [-0.05, 0) is 30.3 Å². The maximum Gasteiger partial charge on any atom is 0.237 e. The van der Waals surface area contributed by atoms with Gasteiger partial charge in [0.25, 0.3) is 0 Å². The average molecular weight is 420 g/mol. The molecule has 0 spiro atoms. The smallest absolute Gasteiger partial charge is 0.237 e. The minimum Gasteiger partial charge on any atom is -0.340 e. The van der Waals surface area contributed by atoms with Crippen molar-refractivity contribution in [1.29, 1.82) is 0 Å². The number of hydrogen-bond donors (Lipinski definition) is 1. The van der Waals surface area contributed by atoms with Gasteiger partial charge in [0.05, 0.1) is 16.5 Å². The van der Waals surface area contributed by atoms with E-state index in [4.69, 9.17) is 23.2 Å². The molecule has 27 heavy (non-hydrogen) atoms.